The lowest BCUT2D eigenvalue weighted by molar-refractivity contribution is -0.141. The van der Waals surface area contributed by atoms with Gasteiger partial charge >= 0.3 is 5.97 Å². The van der Waals surface area contributed by atoms with Crippen LogP contribution in [0.25, 0.3) is 0 Å². The van der Waals surface area contributed by atoms with Crippen LogP contribution in [0.2, 0.25) is 0 Å². The molecule has 0 aromatic heterocycles. The van der Waals surface area contributed by atoms with Crippen LogP contribution in [-0.4, -0.2) is 34.7 Å². The van der Waals surface area contributed by atoms with Crippen LogP contribution in [0.1, 0.15) is 19.8 Å². The summed E-state index contributed by atoms with van der Waals surface area (Å²) in [6.07, 6.45) is 0.161. The number of aliphatic carboxylic acids is 1. The molecule has 2 unspecified atom stereocenters. The largest absolute Gasteiger partial charge is 0.480 e. The molecule has 5 nitrogen and oxygen atoms in total. The third kappa shape index (κ3) is 3.92. The van der Waals surface area contributed by atoms with Gasteiger partial charge < -0.3 is 15.5 Å². The van der Waals surface area contributed by atoms with Crippen molar-refractivity contribution in [1.29, 1.82) is 0 Å². The van der Waals surface area contributed by atoms with Gasteiger partial charge in [-0.25, -0.2) is 4.79 Å². The maximum absolute atomic E-state index is 10.4. The summed E-state index contributed by atoms with van der Waals surface area (Å²) in [6, 6.07) is -0.988. The second kappa shape index (κ2) is 5.54. The van der Waals surface area contributed by atoms with Gasteiger partial charge in [0.2, 0.25) is 6.41 Å². The average Bonchev–Trinajstić information content (AvgIpc) is 2.03. The molecule has 0 fully saturated rings. The highest BCUT2D eigenvalue weighted by atomic mass is 16.4. The van der Waals surface area contributed by atoms with Gasteiger partial charge in [0.1, 0.15) is 6.04 Å². The summed E-state index contributed by atoms with van der Waals surface area (Å²) in [5, 5.41) is 19.7. The van der Waals surface area contributed by atoms with Gasteiger partial charge in [-0.1, -0.05) is 6.92 Å². The molecule has 0 saturated carbocycles. The van der Waals surface area contributed by atoms with E-state index < -0.39 is 18.1 Å². The Balaban J connectivity index is 3.94. The Morgan fingerprint density at radius 1 is 1.67 bits per heavy atom. The van der Waals surface area contributed by atoms with Gasteiger partial charge in [-0.05, 0) is 6.42 Å². The predicted molar refractivity (Wildman–Crippen MR) is 41.5 cm³/mol. The standard InChI is InChI=1S/C7H13NO4/c1-2-5(10)3-6(7(11)12)8-4-9/h4-6,10H,2-3H2,1H3,(H,8,9)(H,11,12). The smallest absolute Gasteiger partial charge is 0.326 e. The monoisotopic (exact) mass is 175 g/mol. The quantitative estimate of drug-likeness (QED) is 0.468. The normalized spacial score (nSPS) is 14.8. The number of hydrogen-bond acceptors (Lipinski definition) is 3. The fourth-order valence-corrected chi connectivity index (χ4v) is 0.761. The summed E-state index contributed by atoms with van der Waals surface area (Å²) >= 11 is 0. The van der Waals surface area contributed by atoms with Gasteiger partial charge in [-0.15, -0.1) is 0 Å². The van der Waals surface area contributed by atoms with Gasteiger partial charge in [0, 0.05) is 6.42 Å². The molecule has 2 atom stereocenters. The molecule has 0 spiro atoms. The van der Waals surface area contributed by atoms with Crippen molar-refractivity contribution in [2.75, 3.05) is 0 Å². The van der Waals surface area contributed by atoms with Gasteiger partial charge in [-0.2, -0.15) is 0 Å². The van der Waals surface area contributed by atoms with Crippen LogP contribution in [0.15, 0.2) is 0 Å². The molecule has 0 saturated heterocycles. The fourth-order valence-electron chi connectivity index (χ4n) is 0.761. The first-order valence-electron chi connectivity index (χ1n) is 3.72. The molecular formula is C7H13NO4. The molecule has 1 amide bonds. The third-order valence-electron chi connectivity index (χ3n) is 1.55. The highest BCUT2D eigenvalue weighted by molar-refractivity contribution is 5.76. The number of carbonyl (C=O) groups is 2. The van der Waals surface area contributed by atoms with Gasteiger partial charge in [-0.3, -0.25) is 4.79 Å². The van der Waals surface area contributed by atoms with Crippen LogP contribution >= 0.6 is 0 Å². The molecule has 0 aromatic carbocycles. The Bertz CT molecular complexity index is 159. The highest BCUT2D eigenvalue weighted by Crippen LogP contribution is 2.01. The molecule has 0 rings (SSSR count). The van der Waals surface area contributed by atoms with Crippen LogP contribution < -0.4 is 5.32 Å². The molecule has 70 valence electrons. The first kappa shape index (κ1) is 10.9. The minimum Gasteiger partial charge on any atom is -0.480 e. The van der Waals surface area contributed by atoms with Crippen LogP contribution in [0.4, 0.5) is 0 Å². The van der Waals surface area contributed by atoms with Crippen molar-refractivity contribution in [2.24, 2.45) is 0 Å². The first-order valence-corrected chi connectivity index (χ1v) is 3.72. The molecule has 0 aliphatic carbocycles. The SMILES string of the molecule is CCC(O)CC(NC=O)C(=O)O. The fraction of sp³-hybridized carbons (Fsp3) is 0.714. The Morgan fingerprint density at radius 2 is 2.25 bits per heavy atom. The average molecular weight is 175 g/mol. The number of aliphatic hydroxyl groups is 1. The number of carboxylic acid groups (broad SMARTS) is 1. The summed E-state index contributed by atoms with van der Waals surface area (Å²) < 4.78 is 0. The minimum atomic E-state index is -1.13. The Kier molecular flexibility index (Phi) is 5.03. The van der Waals surface area contributed by atoms with Crippen molar-refractivity contribution in [3.05, 3.63) is 0 Å². The number of carboxylic acids is 1. The molecule has 0 bridgehead atoms. The van der Waals surface area contributed by atoms with Gasteiger partial charge in [0.15, 0.2) is 0 Å². The minimum absolute atomic E-state index is 0.0462. The molecule has 0 heterocycles. The lowest BCUT2D eigenvalue weighted by atomic mass is 10.1. The zero-order valence-electron chi connectivity index (χ0n) is 6.86. The molecule has 0 aromatic rings. The number of hydrogen-bond donors (Lipinski definition) is 3. The van der Waals surface area contributed by atoms with Crippen molar-refractivity contribution < 1.29 is 19.8 Å². The summed E-state index contributed by atoms with van der Waals surface area (Å²) in [6.45, 7) is 1.74. The molecule has 0 aliphatic rings. The van der Waals surface area contributed by atoms with Crippen LogP contribution in [0, 0.1) is 0 Å². The summed E-state index contributed by atoms with van der Waals surface area (Å²) in [5.74, 6) is -1.13. The zero-order chi connectivity index (χ0) is 9.56. The van der Waals surface area contributed by atoms with E-state index in [0.29, 0.717) is 12.8 Å². The highest BCUT2D eigenvalue weighted by Gasteiger charge is 2.19. The third-order valence-corrected chi connectivity index (χ3v) is 1.55. The van der Waals surface area contributed by atoms with Crippen LogP contribution in [0.5, 0.6) is 0 Å². The zero-order valence-corrected chi connectivity index (χ0v) is 6.86. The van der Waals surface area contributed by atoms with Crippen molar-refractivity contribution in [3.63, 3.8) is 0 Å². The molecule has 0 radical (unpaired) electrons. The topological polar surface area (TPSA) is 86.6 Å². The lowest BCUT2D eigenvalue weighted by Gasteiger charge is -2.14. The first-order chi connectivity index (χ1) is 5.61. The summed E-state index contributed by atoms with van der Waals surface area (Å²) in [5.41, 5.74) is 0. The van der Waals surface area contributed by atoms with E-state index in [-0.39, 0.29) is 6.42 Å². The number of amides is 1. The number of rotatable bonds is 6. The van der Waals surface area contributed by atoms with E-state index in [1.54, 1.807) is 6.92 Å². The van der Waals surface area contributed by atoms with Crippen molar-refractivity contribution >= 4 is 12.4 Å². The molecule has 0 aliphatic heterocycles. The second-order valence-corrected chi connectivity index (χ2v) is 2.47. The van der Waals surface area contributed by atoms with E-state index in [1.165, 1.54) is 0 Å². The number of aliphatic hydroxyl groups excluding tert-OH is 1. The molecule has 5 heteroatoms. The van der Waals surface area contributed by atoms with Crippen molar-refractivity contribution in [1.82, 2.24) is 5.32 Å². The summed E-state index contributed by atoms with van der Waals surface area (Å²) in [4.78, 5) is 20.3. The van der Waals surface area contributed by atoms with E-state index in [1.807, 2.05) is 0 Å². The summed E-state index contributed by atoms with van der Waals surface area (Å²) in [7, 11) is 0. The van der Waals surface area contributed by atoms with E-state index in [9.17, 15) is 9.59 Å². The molecule has 12 heavy (non-hydrogen) atoms. The Labute approximate surface area is 70.4 Å². The van der Waals surface area contributed by atoms with Gasteiger partial charge in [0.25, 0.3) is 0 Å². The van der Waals surface area contributed by atoms with Crippen LogP contribution in [-0.2, 0) is 9.59 Å². The predicted octanol–water partition coefficient (Wildman–Crippen LogP) is -0.653. The van der Waals surface area contributed by atoms with Crippen molar-refractivity contribution in [3.8, 4) is 0 Å². The number of carbonyl (C=O) groups excluding carboxylic acids is 1. The Hall–Kier alpha value is -1.10. The number of nitrogens with one attached hydrogen (secondary N) is 1. The van der Waals surface area contributed by atoms with E-state index in [4.69, 9.17) is 10.2 Å². The van der Waals surface area contributed by atoms with Crippen LogP contribution in [0.3, 0.4) is 0 Å². The lowest BCUT2D eigenvalue weighted by Crippen LogP contribution is -2.38. The Morgan fingerprint density at radius 3 is 2.58 bits per heavy atom. The van der Waals surface area contributed by atoms with E-state index in [0.717, 1.165) is 0 Å². The molecule has 3 N–H and O–H groups in total. The van der Waals surface area contributed by atoms with Gasteiger partial charge in [0.05, 0.1) is 6.10 Å². The second-order valence-electron chi connectivity index (χ2n) is 2.47. The molecular weight excluding hydrogens is 162 g/mol. The maximum atomic E-state index is 10.4. The maximum Gasteiger partial charge on any atom is 0.326 e. The van der Waals surface area contributed by atoms with Crippen molar-refractivity contribution in [2.45, 2.75) is 31.9 Å². The van der Waals surface area contributed by atoms with E-state index in [2.05, 4.69) is 5.32 Å². The van der Waals surface area contributed by atoms with E-state index >= 15 is 0 Å².